The van der Waals surface area contributed by atoms with E-state index in [9.17, 15) is 9.59 Å². The van der Waals surface area contributed by atoms with E-state index in [0.29, 0.717) is 16.9 Å². The van der Waals surface area contributed by atoms with Crippen LogP contribution in [0.15, 0.2) is 51.7 Å². The molecule has 3 aromatic rings. The van der Waals surface area contributed by atoms with E-state index in [4.69, 9.17) is 9.15 Å². The van der Waals surface area contributed by atoms with Crippen LogP contribution in [0.2, 0.25) is 0 Å². The minimum absolute atomic E-state index is 0.0636. The van der Waals surface area contributed by atoms with Crippen molar-refractivity contribution in [2.45, 2.75) is 20.8 Å². The maximum absolute atomic E-state index is 12.4. The average molecular weight is 322 g/mol. The summed E-state index contributed by atoms with van der Waals surface area (Å²) in [6, 6.07) is 12.1. The Bertz CT molecular complexity index is 983. The van der Waals surface area contributed by atoms with Crippen molar-refractivity contribution >= 4 is 16.8 Å². The van der Waals surface area contributed by atoms with Crippen LogP contribution in [0, 0.1) is 20.8 Å². The van der Waals surface area contributed by atoms with E-state index in [1.54, 1.807) is 24.3 Å². The molecule has 0 amide bonds. The van der Waals surface area contributed by atoms with Gasteiger partial charge in [-0.3, -0.25) is 4.79 Å². The number of rotatable bonds is 4. The van der Waals surface area contributed by atoms with Gasteiger partial charge in [0.1, 0.15) is 11.3 Å². The molecule has 1 aromatic heterocycles. The molecule has 0 N–H and O–H groups in total. The second kappa shape index (κ2) is 6.32. The molecule has 0 aliphatic rings. The topological polar surface area (TPSA) is 56.5 Å². The second-order valence-electron chi connectivity index (χ2n) is 5.92. The molecular weight excluding hydrogens is 304 g/mol. The number of ketones is 1. The Morgan fingerprint density at radius 3 is 2.46 bits per heavy atom. The quantitative estimate of drug-likeness (QED) is 0.538. The first-order chi connectivity index (χ1) is 11.4. The molecule has 0 unspecified atom stereocenters. The van der Waals surface area contributed by atoms with Gasteiger partial charge in [0.2, 0.25) is 0 Å². The number of Topliss-reactive ketones (excluding diaryl/α,β-unsaturated/α-hetero) is 1. The maximum atomic E-state index is 12.4. The van der Waals surface area contributed by atoms with Crippen molar-refractivity contribution in [2.24, 2.45) is 0 Å². The van der Waals surface area contributed by atoms with Gasteiger partial charge in [-0.2, -0.15) is 0 Å². The average Bonchev–Trinajstić information content (AvgIpc) is 2.55. The van der Waals surface area contributed by atoms with Crippen molar-refractivity contribution < 1.29 is 13.9 Å². The fourth-order valence-corrected chi connectivity index (χ4v) is 2.62. The number of benzene rings is 2. The Morgan fingerprint density at radius 2 is 1.67 bits per heavy atom. The summed E-state index contributed by atoms with van der Waals surface area (Å²) in [5.41, 5.74) is 3.88. The highest BCUT2D eigenvalue weighted by Crippen LogP contribution is 2.20. The van der Waals surface area contributed by atoms with Gasteiger partial charge >= 0.3 is 5.63 Å². The van der Waals surface area contributed by atoms with Crippen molar-refractivity contribution in [3.63, 3.8) is 0 Å². The molecule has 2 aromatic carbocycles. The van der Waals surface area contributed by atoms with Gasteiger partial charge in [-0.1, -0.05) is 6.07 Å². The summed E-state index contributed by atoms with van der Waals surface area (Å²) in [7, 11) is 0. The molecule has 4 nitrogen and oxygen atoms in total. The Balaban J connectivity index is 1.79. The monoisotopic (exact) mass is 322 g/mol. The lowest BCUT2D eigenvalue weighted by molar-refractivity contribution is 0.0921. The number of ether oxygens (including phenoxy) is 1. The zero-order valence-corrected chi connectivity index (χ0v) is 13.9. The predicted molar refractivity (Wildman–Crippen MR) is 93.0 cm³/mol. The highest BCUT2D eigenvalue weighted by atomic mass is 16.5. The highest BCUT2D eigenvalue weighted by Gasteiger charge is 2.12. The van der Waals surface area contributed by atoms with Gasteiger partial charge < -0.3 is 9.15 Å². The van der Waals surface area contributed by atoms with E-state index in [1.807, 2.05) is 32.9 Å². The van der Waals surface area contributed by atoms with E-state index < -0.39 is 5.63 Å². The molecule has 3 rings (SSSR count). The van der Waals surface area contributed by atoms with Gasteiger partial charge in [0.15, 0.2) is 12.4 Å². The summed E-state index contributed by atoms with van der Waals surface area (Å²) in [5, 5.41) is 0.804. The number of hydrogen-bond donors (Lipinski definition) is 0. The van der Waals surface area contributed by atoms with Gasteiger partial charge in [-0.05, 0) is 61.7 Å². The smallest absolute Gasteiger partial charge is 0.336 e. The first-order valence-corrected chi connectivity index (χ1v) is 7.72. The zero-order chi connectivity index (χ0) is 17.3. The summed E-state index contributed by atoms with van der Waals surface area (Å²) < 4.78 is 10.7. The van der Waals surface area contributed by atoms with E-state index in [0.717, 1.165) is 22.1 Å². The van der Waals surface area contributed by atoms with Crippen LogP contribution in [0.3, 0.4) is 0 Å². The standard InChI is InChI=1S/C20H18O4/c1-12-8-14(3)17(9-13(12)2)18(21)11-23-16-6-4-15-5-7-20(22)24-19(15)10-16/h4-10H,11H2,1-3H3. The molecule has 0 radical (unpaired) electrons. The number of hydrogen-bond acceptors (Lipinski definition) is 4. The zero-order valence-electron chi connectivity index (χ0n) is 13.9. The molecule has 4 heteroatoms. The molecule has 0 aliphatic carbocycles. The lowest BCUT2D eigenvalue weighted by atomic mass is 9.98. The van der Waals surface area contributed by atoms with Crippen molar-refractivity contribution in [3.8, 4) is 5.75 Å². The summed E-state index contributed by atoms with van der Waals surface area (Å²) in [6.45, 7) is 5.87. The molecule has 0 aliphatic heterocycles. The van der Waals surface area contributed by atoms with Crippen LogP contribution >= 0.6 is 0 Å². The summed E-state index contributed by atoms with van der Waals surface area (Å²) in [6.07, 6.45) is 0. The fourth-order valence-electron chi connectivity index (χ4n) is 2.62. The molecule has 0 saturated carbocycles. The lowest BCUT2D eigenvalue weighted by Gasteiger charge is -2.10. The van der Waals surface area contributed by atoms with Crippen molar-refractivity contribution in [3.05, 3.63) is 75.1 Å². The van der Waals surface area contributed by atoms with E-state index in [1.165, 1.54) is 6.07 Å². The minimum Gasteiger partial charge on any atom is -0.485 e. The molecule has 0 spiro atoms. The largest absolute Gasteiger partial charge is 0.485 e. The Hall–Kier alpha value is -2.88. The molecule has 122 valence electrons. The third kappa shape index (κ3) is 3.23. The van der Waals surface area contributed by atoms with Gasteiger partial charge in [0.05, 0.1) is 0 Å². The van der Waals surface area contributed by atoms with Gasteiger partial charge in [0, 0.05) is 23.1 Å². The normalized spacial score (nSPS) is 10.8. The number of carbonyl (C=O) groups excluding carboxylic acids is 1. The van der Waals surface area contributed by atoms with Gasteiger partial charge in [-0.25, -0.2) is 4.79 Å². The lowest BCUT2D eigenvalue weighted by Crippen LogP contribution is -2.13. The molecule has 0 bridgehead atoms. The Labute approximate surface area is 139 Å². The molecular formula is C20H18O4. The highest BCUT2D eigenvalue weighted by molar-refractivity contribution is 5.98. The molecule has 24 heavy (non-hydrogen) atoms. The maximum Gasteiger partial charge on any atom is 0.336 e. The van der Waals surface area contributed by atoms with Gasteiger partial charge in [0.25, 0.3) is 0 Å². The van der Waals surface area contributed by atoms with Crippen LogP contribution in [-0.4, -0.2) is 12.4 Å². The Morgan fingerprint density at radius 1 is 0.958 bits per heavy atom. The van der Waals surface area contributed by atoms with Crippen LogP contribution in [0.25, 0.3) is 11.0 Å². The third-order valence-corrected chi connectivity index (χ3v) is 4.11. The number of carbonyl (C=O) groups is 1. The van der Waals surface area contributed by atoms with Crippen molar-refractivity contribution in [1.29, 1.82) is 0 Å². The van der Waals surface area contributed by atoms with Crippen LogP contribution < -0.4 is 10.4 Å². The predicted octanol–water partition coefficient (Wildman–Crippen LogP) is 3.98. The second-order valence-corrected chi connectivity index (χ2v) is 5.92. The van der Waals surface area contributed by atoms with Crippen LogP contribution in [0.5, 0.6) is 5.75 Å². The number of aryl methyl sites for hydroxylation is 3. The van der Waals surface area contributed by atoms with E-state index in [-0.39, 0.29) is 12.4 Å². The van der Waals surface area contributed by atoms with Gasteiger partial charge in [-0.15, -0.1) is 0 Å². The van der Waals surface area contributed by atoms with Crippen LogP contribution in [0.4, 0.5) is 0 Å². The fraction of sp³-hybridized carbons (Fsp3) is 0.200. The van der Waals surface area contributed by atoms with Crippen LogP contribution in [0.1, 0.15) is 27.0 Å². The molecule has 0 saturated heterocycles. The first kappa shape index (κ1) is 16.0. The number of fused-ring (bicyclic) bond motifs is 1. The molecule has 0 atom stereocenters. The first-order valence-electron chi connectivity index (χ1n) is 7.72. The Kier molecular flexibility index (Phi) is 4.21. The molecule has 0 fully saturated rings. The minimum atomic E-state index is -0.415. The van der Waals surface area contributed by atoms with Crippen LogP contribution in [-0.2, 0) is 0 Å². The van der Waals surface area contributed by atoms with Crippen molar-refractivity contribution in [1.82, 2.24) is 0 Å². The molecule has 1 heterocycles. The SMILES string of the molecule is Cc1cc(C)c(C(=O)COc2ccc3ccc(=O)oc3c2)cc1C. The summed E-state index contributed by atoms with van der Waals surface area (Å²) in [4.78, 5) is 23.7. The van der Waals surface area contributed by atoms with E-state index >= 15 is 0 Å². The summed E-state index contributed by atoms with van der Waals surface area (Å²) in [5.74, 6) is 0.414. The third-order valence-electron chi connectivity index (χ3n) is 4.11. The van der Waals surface area contributed by atoms with Crippen molar-refractivity contribution in [2.75, 3.05) is 6.61 Å². The summed E-state index contributed by atoms with van der Waals surface area (Å²) >= 11 is 0. The van der Waals surface area contributed by atoms with E-state index in [2.05, 4.69) is 0 Å².